The summed E-state index contributed by atoms with van der Waals surface area (Å²) in [5.74, 6) is 0. The molecule has 5 nitrogen and oxygen atoms in total. The molecule has 1 aliphatic rings. The van der Waals surface area contributed by atoms with Crippen LogP contribution in [-0.4, -0.2) is 28.6 Å². The molecular weight excluding hydrogens is 214 g/mol. The second-order valence-corrected chi connectivity index (χ2v) is 5.13. The topological polar surface area (TPSA) is 75.4 Å². The second-order valence-electron chi connectivity index (χ2n) is 3.57. The number of fused-ring (bicyclic) bond motifs is 1. The summed E-state index contributed by atoms with van der Waals surface area (Å²) in [4.78, 5) is 2.15. The maximum atomic E-state index is 11.2. The van der Waals surface area contributed by atoms with Crippen LogP contribution < -0.4 is 15.4 Å². The Labute approximate surface area is 88.9 Å². The van der Waals surface area contributed by atoms with E-state index in [0.717, 1.165) is 24.5 Å². The summed E-state index contributed by atoms with van der Waals surface area (Å²) in [7, 11) is -1.69. The van der Waals surface area contributed by atoms with Crippen LogP contribution in [0, 0.1) is 0 Å². The fourth-order valence-electron chi connectivity index (χ4n) is 1.63. The average molecular weight is 227 g/mol. The van der Waals surface area contributed by atoms with Crippen molar-refractivity contribution in [1.29, 1.82) is 0 Å². The van der Waals surface area contributed by atoms with Gasteiger partial charge in [0.2, 0.25) is 10.0 Å². The summed E-state index contributed by atoms with van der Waals surface area (Å²) in [6.45, 7) is 1.71. The van der Waals surface area contributed by atoms with Crippen molar-refractivity contribution in [1.82, 2.24) is 0 Å². The van der Waals surface area contributed by atoms with E-state index < -0.39 is 10.0 Å². The van der Waals surface area contributed by atoms with Crippen molar-refractivity contribution in [2.24, 2.45) is 5.14 Å². The van der Waals surface area contributed by atoms with Crippen LogP contribution in [0.4, 0.5) is 11.4 Å². The van der Waals surface area contributed by atoms with E-state index in [2.05, 4.69) is 5.32 Å². The number of rotatable bonds is 1. The molecule has 0 radical (unpaired) electrons. The Morgan fingerprint density at radius 3 is 2.87 bits per heavy atom. The molecule has 1 aromatic carbocycles. The SMILES string of the molecule is CN1CCNc2ccc(S(N)(=O)=O)cc21. The Morgan fingerprint density at radius 2 is 2.20 bits per heavy atom. The molecule has 82 valence electrons. The lowest BCUT2D eigenvalue weighted by Crippen LogP contribution is -2.30. The van der Waals surface area contributed by atoms with E-state index in [0.29, 0.717) is 0 Å². The molecule has 0 bridgehead atoms. The van der Waals surface area contributed by atoms with Gasteiger partial charge in [-0.2, -0.15) is 0 Å². The van der Waals surface area contributed by atoms with E-state index in [-0.39, 0.29) is 4.90 Å². The largest absolute Gasteiger partial charge is 0.382 e. The maximum Gasteiger partial charge on any atom is 0.238 e. The molecule has 0 atom stereocenters. The van der Waals surface area contributed by atoms with E-state index >= 15 is 0 Å². The Hall–Kier alpha value is -1.27. The Balaban J connectivity index is 2.53. The number of primary sulfonamides is 1. The van der Waals surface area contributed by atoms with Crippen molar-refractivity contribution >= 4 is 21.4 Å². The van der Waals surface area contributed by atoms with Crippen molar-refractivity contribution in [3.05, 3.63) is 18.2 Å². The third-order valence-electron chi connectivity index (χ3n) is 2.47. The molecule has 6 heteroatoms. The summed E-state index contributed by atoms with van der Waals surface area (Å²) in [6.07, 6.45) is 0. The lowest BCUT2D eigenvalue weighted by atomic mass is 10.2. The average Bonchev–Trinajstić information content (AvgIpc) is 2.16. The fraction of sp³-hybridized carbons (Fsp3) is 0.333. The zero-order valence-electron chi connectivity index (χ0n) is 8.40. The van der Waals surface area contributed by atoms with Gasteiger partial charge in [-0.1, -0.05) is 0 Å². The first-order valence-corrected chi connectivity index (χ1v) is 6.15. The molecular formula is C9H13N3O2S. The number of anilines is 2. The number of benzene rings is 1. The molecule has 0 fully saturated rings. The number of hydrogen-bond acceptors (Lipinski definition) is 4. The van der Waals surface area contributed by atoms with Gasteiger partial charge in [-0.15, -0.1) is 0 Å². The molecule has 0 unspecified atom stereocenters. The third-order valence-corrected chi connectivity index (χ3v) is 3.38. The van der Waals surface area contributed by atoms with Gasteiger partial charge in [-0.25, -0.2) is 13.6 Å². The molecule has 1 aromatic rings. The molecule has 3 N–H and O–H groups in total. The standard InChI is InChI=1S/C9H13N3O2S/c1-12-5-4-11-8-3-2-7(6-9(8)12)15(10,13)14/h2-3,6,11H,4-5H2,1H3,(H2,10,13,14). The lowest BCUT2D eigenvalue weighted by molar-refractivity contribution is 0.598. The summed E-state index contributed by atoms with van der Waals surface area (Å²) in [5, 5.41) is 8.26. The van der Waals surface area contributed by atoms with Crippen LogP contribution in [0.3, 0.4) is 0 Å². The number of hydrogen-bond donors (Lipinski definition) is 2. The maximum absolute atomic E-state index is 11.2. The number of sulfonamides is 1. The van der Waals surface area contributed by atoms with Gasteiger partial charge in [0.05, 0.1) is 16.3 Å². The number of nitrogens with zero attached hydrogens (tertiary/aromatic N) is 1. The number of nitrogens with one attached hydrogen (secondary N) is 1. The third kappa shape index (κ3) is 1.91. The first-order chi connectivity index (χ1) is 6.98. The van der Waals surface area contributed by atoms with Crippen molar-refractivity contribution in [3.8, 4) is 0 Å². The summed E-state index contributed by atoms with van der Waals surface area (Å²) in [5.41, 5.74) is 1.81. The van der Waals surface area contributed by atoms with Gasteiger partial charge in [-0.05, 0) is 18.2 Å². The van der Waals surface area contributed by atoms with E-state index in [9.17, 15) is 8.42 Å². The van der Waals surface area contributed by atoms with E-state index in [4.69, 9.17) is 5.14 Å². The molecule has 0 spiro atoms. The Morgan fingerprint density at radius 1 is 1.47 bits per heavy atom. The molecule has 0 saturated heterocycles. The van der Waals surface area contributed by atoms with Crippen molar-refractivity contribution in [2.75, 3.05) is 30.4 Å². The molecule has 2 rings (SSSR count). The number of likely N-dealkylation sites (N-methyl/N-ethyl adjacent to an activating group) is 1. The minimum Gasteiger partial charge on any atom is -0.382 e. The molecule has 0 amide bonds. The zero-order chi connectivity index (χ0) is 11.1. The van der Waals surface area contributed by atoms with Crippen LogP contribution in [0.2, 0.25) is 0 Å². The van der Waals surface area contributed by atoms with Crippen molar-refractivity contribution in [3.63, 3.8) is 0 Å². The van der Waals surface area contributed by atoms with Gasteiger partial charge in [0, 0.05) is 20.1 Å². The normalized spacial score (nSPS) is 15.7. The van der Waals surface area contributed by atoms with Crippen LogP contribution in [0.25, 0.3) is 0 Å². The molecule has 0 aromatic heterocycles. The fourth-order valence-corrected chi connectivity index (χ4v) is 2.17. The van der Waals surface area contributed by atoms with Crippen molar-refractivity contribution < 1.29 is 8.42 Å². The van der Waals surface area contributed by atoms with Crippen LogP contribution in [0.15, 0.2) is 23.1 Å². The summed E-state index contributed by atoms with van der Waals surface area (Å²) in [6, 6.07) is 4.85. The first kappa shape index (κ1) is 10.3. The van der Waals surface area contributed by atoms with Gasteiger partial charge < -0.3 is 10.2 Å². The summed E-state index contributed by atoms with van der Waals surface area (Å²) < 4.78 is 22.3. The van der Waals surface area contributed by atoms with E-state index in [1.54, 1.807) is 12.1 Å². The monoisotopic (exact) mass is 227 g/mol. The molecule has 1 heterocycles. The van der Waals surface area contributed by atoms with Gasteiger partial charge >= 0.3 is 0 Å². The van der Waals surface area contributed by atoms with Crippen LogP contribution in [0.1, 0.15) is 0 Å². The Kier molecular flexibility index (Phi) is 2.32. The molecule has 15 heavy (non-hydrogen) atoms. The van der Waals surface area contributed by atoms with Crippen LogP contribution in [0.5, 0.6) is 0 Å². The highest BCUT2D eigenvalue weighted by Gasteiger charge is 2.16. The van der Waals surface area contributed by atoms with E-state index in [1.165, 1.54) is 6.07 Å². The predicted octanol–water partition coefficient (Wildman–Crippen LogP) is 0.196. The Bertz CT molecular complexity index is 484. The lowest BCUT2D eigenvalue weighted by Gasteiger charge is -2.28. The van der Waals surface area contributed by atoms with Crippen molar-refractivity contribution in [2.45, 2.75) is 4.90 Å². The van der Waals surface area contributed by atoms with Crippen LogP contribution in [-0.2, 0) is 10.0 Å². The quantitative estimate of drug-likeness (QED) is 0.718. The molecule has 0 aliphatic carbocycles. The smallest absolute Gasteiger partial charge is 0.238 e. The van der Waals surface area contributed by atoms with E-state index in [1.807, 2.05) is 11.9 Å². The predicted molar refractivity (Wildman–Crippen MR) is 59.6 cm³/mol. The second kappa shape index (κ2) is 3.39. The van der Waals surface area contributed by atoms with Gasteiger partial charge in [0.25, 0.3) is 0 Å². The highest BCUT2D eigenvalue weighted by molar-refractivity contribution is 7.89. The molecule has 0 saturated carbocycles. The van der Waals surface area contributed by atoms with Crippen LogP contribution >= 0.6 is 0 Å². The first-order valence-electron chi connectivity index (χ1n) is 4.60. The highest BCUT2D eigenvalue weighted by atomic mass is 32.2. The highest BCUT2D eigenvalue weighted by Crippen LogP contribution is 2.29. The minimum atomic E-state index is -3.61. The van der Waals surface area contributed by atoms with Gasteiger partial charge in [-0.3, -0.25) is 0 Å². The molecule has 1 aliphatic heterocycles. The number of nitrogens with two attached hydrogens (primary N) is 1. The van der Waals surface area contributed by atoms with Gasteiger partial charge in [0.15, 0.2) is 0 Å². The summed E-state index contributed by atoms with van der Waals surface area (Å²) >= 11 is 0. The minimum absolute atomic E-state index is 0.150. The zero-order valence-corrected chi connectivity index (χ0v) is 9.21. The van der Waals surface area contributed by atoms with Gasteiger partial charge in [0.1, 0.15) is 0 Å².